The van der Waals surface area contributed by atoms with Crippen molar-refractivity contribution in [1.29, 1.82) is 0 Å². The minimum absolute atomic E-state index is 0.266. The lowest BCUT2D eigenvalue weighted by Crippen LogP contribution is -2.08. The molecule has 0 atom stereocenters. The van der Waals surface area contributed by atoms with Gasteiger partial charge in [0.25, 0.3) is 0 Å². The summed E-state index contributed by atoms with van der Waals surface area (Å²) in [6.45, 7) is 4.47. The van der Waals surface area contributed by atoms with Crippen molar-refractivity contribution in [2.24, 2.45) is 0 Å². The Morgan fingerprint density at radius 3 is 2.60 bits per heavy atom. The fraction of sp³-hybridized carbons (Fsp3) is 0.400. The molecule has 0 unspecified atom stereocenters. The number of hydrogen-bond donors (Lipinski definition) is 0. The zero-order valence-corrected chi connectivity index (χ0v) is 13.1. The molecule has 0 aliphatic carbocycles. The molecular formula is C15H17Cl2FN2. The monoisotopic (exact) mass is 314 g/mol. The Morgan fingerprint density at radius 1 is 1.25 bits per heavy atom. The minimum atomic E-state index is -0.266. The van der Waals surface area contributed by atoms with E-state index in [1.54, 1.807) is 12.1 Å². The van der Waals surface area contributed by atoms with Crippen molar-refractivity contribution < 1.29 is 4.39 Å². The van der Waals surface area contributed by atoms with E-state index in [1.807, 2.05) is 11.6 Å². The average molecular weight is 315 g/mol. The summed E-state index contributed by atoms with van der Waals surface area (Å²) >= 11 is 11.9. The first kappa shape index (κ1) is 15.3. The molecule has 1 aromatic carbocycles. The van der Waals surface area contributed by atoms with E-state index in [0.29, 0.717) is 23.0 Å². The van der Waals surface area contributed by atoms with Crippen LogP contribution in [0.3, 0.4) is 0 Å². The van der Waals surface area contributed by atoms with Gasteiger partial charge < -0.3 is 0 Å². The number of aromatic nitrogens is 2. The zero-order valence-electron chi connectivity index (χ0n) is 11.6. The number of alkyl halides is 1. The summed E-state index contributed by atoms with van der Waals surface area (Å²) in [7, 11) is 0. The molecular weight excluding hydrogens is 298 g/mol. The highest BCUT2D eigenvalue weighted by atomic mass is 35.5. The molecule has 0 saturated carbocycles. The molecule has 2 aromatic rings. The van der Waals surface area contributed by atoms with Crippen LogP contribution in [-0.4, -0.2) is 9.78 Å². The van der Waals surface area contributed by atoms with E-state index in [-0.39, 0.29) is 5.82 Å². The maximum atomic E-state index is 13.8. The van der Waals surface area contributed by atoms with Crippen LogP contribution in [0.4, 0.5) is 4.39 Å². The van der Waals surface area contributed by atoms with Crippen molar-refractivity contribution in [3.63, 3.8) is 0 Å². The molecule has 2 rings (SSSR count). The smallest absolute Gasteiger partial charge is 0.128 e. The Kier molecular flexibility index (Phi) is 5.06. The van der Waals surface area contributed by atoms with Gasteiger partial charge >= 0.3 is 0 Å². The third-order valence-electron chi connectivity index (χ3n) is 3.38. The largest absolute Gasteiger partial charge is 0.264 e. The van der Waals surface area contributed by atoms with Gasteiger partial charge in [-0.05, 0) is 31.0 Å². The van der Waals surface area contributed by atoms with Gasteiger partial charge in [-0.25, -0.2) is 4.39 Å². The molecule has 2 nitrogen and oxygen atoms in total. The van der Waals surface area contributed by atoms with E-state index in [2.05, 4.69) is 12.0 Å². The molecule has 0 radical (unpaired) electrons. The first-order chi connectivity index (χ1) is 9.60. The van der Waals surface area contributed by atoms with Gasteiger partial charge in [0.1, 0.15) is 5.82 Å². The molecule has 0 N–H and O–H groups in total. The molecule has 0 spiro atoms. The Balaban J connectivity index is 2.42. The second-order valence-electron chi connectivity index (χ2n) is 4.61. The highest BCUT2D eigenvalue weighted by molar-refractivity contribution is 6.30. The molecule has 5 heteroatoms. The van der Waals surface area contributed by atoms with Crippen LogP contribution in [0.1, 0.15) is 36.4 Å². The number of halogens is 3. The second-order valence-corrected chi connectivity index (χ2v) is 5.31. The van der Waals surface area contributed by atoms with E-state index in [1.165, 1.54) is 6.07 Å². The van der Waals surface area contributed by atoms with E-state index in [9.17, 15) is 4.39 Å². The maximum absolute atomic E-state index is 13.8. The van der Waals surface area contributed by atoms with Gasteiger partial charge in [0.05, 0.1) is 18.1 Å². The molecule has 0 aliphatic rings. The lowest BCUT2D eigenvalue weighted by Gasteiger charge is -2.08. The van der Waals surface area contributed by atoms with Gasteiger partial charge in [0, 0.05) is 21.8 Å². The van der Waals surface area contributed by atoms with Crippen molar-refractivity contribution in [3.05, 3.63) is 51.6 Å². The van der Waals surface area contributed by atoms with Crippen molar-refractivity contribution in [1.82, 2.24) is 9.78 Å². The van der Waals surface area contributed by atoms with E-state index in [4.69, 9.17) is 23.2 Å². The molecule has 1 heterocycles. The first-order valence-electron chi connectivity index (χ1n) is 6.68. The summed E-state index contributed by atoms with van der Waals surface area (Å²) in [4.78, 5) is 0. The summed E-state index contributed by atoms with van der Waals surface area (Å²) in [6, 6.07) is 4.58. The molecule has 20 heavy (non-hydrogen) atoms. The van der Waals surface area contributed by atoms with Crippen molar-refractivity contribution in [3.8, 4) is 0 Å². The summed E-state index contributed by atoms with van der Waals surface area (Å²) < 4.78 is 15.7. The Labute approximate surface area is 128 Å². The van der Waals surface area contributed by atoms with Gasteiger partial charge in [0.15, 0.2) is 0 Å². The number of benzene rings is 1. The van der Waals surface area contributed by atoms with E-state index >= 15 is 0 Å². The quantitative estimate of drug-likeness (QED) is 0.738. The van der Waals surface area contributed by atoms with Gasteiger partial charge in [-0.2, -0.15) is 5.10 Å². The highest BCUT2D eigenvalue weighted by Crippen LogP contribution is 2.21. The number of rotatable bonds is 5. The zero-order chi connectivity index (χ0) is 14.7. The molecule has 108 valence electrons. The van der Waals surface area contributed by atoms with Crippen molar-refractivity contribution in [2.75, 3.05) is 0 Å². The number of aryl methyl sites for hydroxylation is 1. The summed E-state index contributed by atoms with van der Waals surface area (Å²) in [6.07, 6.45) is 1.64. The molecule has 0 bridgehead atoms. The van der Waals surface area contributed by atoms with E-state index in [0.717, 1.165) is 29.8 Å². The van der Waals surface area contributed by atoms with E-state index < -0.39 is 0 Å². The summed E-state index contributed by atoms with van der Waals surface area (Å²) in [5, 5.41) is 5.09. The molecule has 0 saturated heterocycles. The third-order valence-corrected chi connectivity index (χ3v) is 3.88. The minimum Gasteiger partial charge on any atom is -0.264 e. The van der Waals surface area contributed by atoms with Crippen LogP contribution in [0.2, 0.25) is 5.02 Å². The van der Waals surface area contributed by atoms with Crippen LogP contribution in [0.5, 0.6) is 0 Å². The van der Waals surface area contributed by atoms with Crippen LogP contribution < -0.4 is 0 Å². The van der Waals surface area contributed by atoms with Gasteiger partial charge in [-0.1, -0.05) is 25.4 Å². The fourth-order valence-corrected chi connectivity index (χ4v) is 2.88. The standard InChI is InChI=1S/C15H17Cl2FN2/c1-3-14-12(8-16)15(4-2)20(19-14)9-10-7-11(17)5-6-13(10)18/h5-7H,3-4,8-9H2,1-2H3. The van der Waals surface area contributed by atoms with Crippen LogP contribution in [0, 0.1) is 5.82 Å². The Bertz CT molecular complexity index is 608. The average Bonchev–Trinajstić information content (AvgIpc) is 2.79. The molecule has 0 fully saturated rings. The summed E-state index contributed by atoms with van der Waals surface area (Å²) in [5.74, 6) is 0.169. The van der Waals surface area contributed by atoms with Gasteiger partial charge in [-0.15, -0.1) is 11.6 Å². The topological polar surface area (TPSA) is 17.8 Å². The molecule has 0 aliphatic heterocycles. The lowest BCUT2D eigenvalue weighted by molar-refractivity contribution is 0.573. The second kappa shape index (κ2) is 6.59. The summed E-state index contributed by atoms with van der Waals surface area (Å²) in [5.41, 5.74) is 3.66. The van der Waals surface area contributed by atoms with Crippen LogP contribution in [0.25, 0.3) is 0 Å². The van der Waals surface area contributed by atoms with Crippen LogP contribution in [0.15, 0.2) is 18.2 Å². The third kappa shape index (κ3) is 2.99. The predicted octanol–water partition coefficient (Wildman–Crippen LogP) is 4.59. The maximum Gasteiger partial charge on any atom is 0.128 e. The highest BCUT2D eigenvalue weighted by Gasteiger charge is 2.15. The van der Waals surface area contributed by atoms with Crippen molar-refractivity contribution in [2.45, 2.75) is 39.1 Å². The van der Waals surface area contributed by atoms with Crippen molar-refractivity contribution >= 4 is 23.2 Å². The van der Waals surface area contributed by atoms with Crippen LogP contribution in [-0.2, 0) is 25.3 Å². The number of hydrogen-bond acceptors (Lipinski definition) is 1. The Morgan fingerprint density at radius 2 is 2.00 bits per heavy atom. The van der Waals surface area contributed by atoms with Gasteiger partial charge in [-0.3, -0.25) is 4.68 Å². The lowest BCUT2D eigenvalue weighted by atomic mass is 10.1. The SMILES string of the molecule is CCc1nn(Cc2cc(Cl)ccc2F)c(CC)c1CCl. The fourth-order valence-electron chi connectivity index (χ4n) is 2.38. The van der Waals surface area contributed by atoms with Crippen LogP contribution >= 0.6 is 23.2 Å². The van der Waals surface area contributed by atoms with Gasteiger partial charge in [0.2, 0.25) is 0 Å². The molecule has 0 amide bonds. The number of nitrogens with zero attached hydrogens (tertiary/aromatic N) is 2. The first-order valence-corrected chi connectivity index (χ1v) is 7.59. The molecule has 1 aromatic heterocycles. The Hall–Kier alpha value is -1.06. The normalized spacial score (nSPS) is 11.1. The predicted molar refractivity (Wildman–Crippen MR) is 81.1 cm³/mol.